The van der Waals surface area contributed by atoms with Gasteiger partial charge in [-0.3, -0.25) is 9.59 Å². The third-order valence-electron chi connectivity index (χ3n) is 1.87. The Balaban J connectivity index is 3.40. The average Bonchev–Trinajstić information content (AvgIpc) is 2.16. The molecule has 7 nitrogen and oxygen atoms in total. The number of hydrogen-bond acceptors (Lipinski definition) is 5. The van der Waals surface area contributed by atoms with Gasteiger partial charge < -0.3 is 27.0 Å². The number of carboxylic acids is 2. The maximum atomic E-state index is 10.3. The van der Waals surface area contributed by atoms with E-state index in [1.165, 1.54) is 0 Å². The van der Waals surface area contributed by atoms with Crippen molar-refractivity contribution >= 4 is 11.9 Å². The fourth-order valence-corrected chi connectivity index (χ4v) is 0.915. The fourth-order valence-electron chi connectivity index (χ4n) is 0.915. The van der Waals surface area contributed by atoms with Crippen molar-refractivity contribution in [3.8, 4) is 0 Å². The van der Waals surface area contributed by atoms with Crippen LogP contribution in [0.5, 0.6) is 0 Å². The minimum atomic E-state index is -1.07. The molecule has 7 heteroatoms. The molecule has 2 atom stereocenters. The van der Waals surface area contributed by atoms with E-state index in [1.54, 1.807) is 0 Å². The predicted octanol–water partition coefficient (Wildman–Crippen LogP) is -1.82. The molecule has 0 aromatic rings. The molecule has 0 aromatic heterocycles. The summed E-state index contributed by atoms with van der Waals surface area (Å²) < 4.78 is 0. The van der Waals surface area contributed by atoms with Crippen molar-refractivity contribution in [3.05, 3.63) is 0 Å². The highest BCUT2D eigenvalue weighted by Crippen LogP contribution is 1.92. The second-order valence-corrected chi connectivity index (χ2v) is 3.24. The Kier molecular flexibility index (Phi) is 6.59. The number of carbonyl (C=O) groups is 2. The summed E-state index contributed by atoms with van der Waals surface area (Å²) in [5, 5.41) is 19.7. The molecule has 7 N–H and O–H groups in total. The topological polar surface area (TPSA) is 139 Å². The summed E-state index contributed by atoms with van der Waals surface area (Å²) in [7, 11) is 0. The Morgan fingerprint density at radius 1 is 1.13 bits per heavy atom. The molecule has 0 amide bonds. The smallest absolute Gasteiger partial charge is 0.321 e. The van der Waals surface area contributed by atoms with E-state index in [0.29, 0.717) is 19.4 Å². The standard InChI is InChI=1S/C8H17N3O4/c9-5(7(12)13)2-1-3-11-4-6(10)8(14)15/h5-6,11H,1-4,9-10H2,(H,12,13)(H,14,15)/t5-,6-/m0/s1. The SMILES string of the molecule is N[C@@H](CCCNC[C@H](N)C(=O)O)C(=O)O. The fraction of sp³-hybridized carbons (Fsp3) is 0.750. The molecule has 0 saturated heterocycles. The van der Waals surface area contributed by atoms with Gasteiger partial charge >= 0.3 is 11.9 Å². The number of nitrogens with two attached hydrogens (primary N) is 2. The van der Waals surface area contributed by atoms with Gasteiger partial charge in [-0.05, 0) is 19.4 Å². The Labute approximate surface area is 87.4 Å². The zero-order valence-corrected chi connectivity index (χ0v) is 8.35. The maximum absolute atomic E-state index is 10.3. The first-order valence-corrected chi connectivity index (χ1v) is 4.62. The number of rotatable bonds is 8. The van der Waals surface area contributed by atoms with Crippen molar-refractivity contribution in [1.82, 2.24) is 5.32 Å². The Morgan fingerprint density at radius 2 is 1.67 bits per heavy atom. The highest BCUT2D eigenvalue weighted by Gasteiger charge is 2.11. The van der Waals surface area contributed by atoms with Crippen LogP contribution in [0.2, 0.25) is 0 Å². The van der Waals surface area contributed by atoms with E-state index in [9.17, 15) is 9.59 Å². The third-order valence-corrected chi connectivity index (χ3v) is 1.87. The van der Waals surface area contributed by atoms with E-state index in [1.807, 2.05) is 0 Å². The molecule has 0 aliphatic carbocycles. The maximum Gasteiger partial charge on any atom is 0.321 e. The average molecular weight is 219 g/mol. The van der Waals surface area contributed by atoms with Crippen molar-refractivity contribution in [2.75, 3.05) is 13.1 Å². The Morgan fingerprint density at radius 3 is 2.13 bits per heavy atom. The van der Waals surface area contributed by atoms with E-state index in [0.717, 1.165) is 0 Å². The first kappa shape index (κ1) is 13.8. The normalized spacial score (nSPS) is 14.5. The minimum absolute atomic E-state index is 0.164. The summed E-state index contributed by atoms with van der Waals surface area (Å²) in [4.78, 5) is 20.6. The van der Waals surface area contributed by atoms with Crippen LogP contribution in [0.1, 0.15) is 12.8 Å². The zero-order valence-electron chi connectivity index (χ0n) is 8.35. The van der Waals surface area contributed by atoms with Crippen molar-refractivity contribution in [3.63, 3.8) is 0 Å². The van der Waals surface area contributed by atoms with Crippen LogP contribution in [0.4, 0.5) is 0 Å². The monoisotopic (exact) mass is 219 g/mol. The van der Waals surface area contributed by atoms with Gasteiger partial charge in [0.2, 0.25) is 0 Å². The minimum Gasteiger partial charge on any atom is -0.480 e. The van der Waals surface area contributed by atoms with Gasteiger partial charge in [-0.15, -0.1) is 0 Å². The molecular formula is C8H17N3O4. The van der Waals surface area contributed by atoms with Crippen LogP contribution < -0.4 is 16.8 Å². The molecule has 0 bridgehead atoms. The van der Waals surface area contributed by atoms with Crippen molar-refractivity contribution in [2.24, 2.45) is 11.5 Å². The van der Waals surface area contributed by atoms with Crippen LogP contribution in [0.3, 0.4) is 0 Å². The van der Waals surface area contributed by atoms with Crippen LogP contribution >= 0.6 is 0 Å². The molecule has 0 aliphatic heterocycles. The van der Waals surface area contributed by atoms with Gasteiger partial charge in [0.25, 0.3) is 0 Å². The molecule has 88 valence electrons. The Hall–Kier alpha value is -1.18. The van der Waals surface area contributed by atoms with Gasteiger partial charge in [0.05, 0.1) is 0 Å². The molecule has 0 fully saturated rings. The van der Waals surface area contributed by atoms with Crippen molar-refractivity contribution in [2.45, 2.75) is 24.9 Å². The van der Waals surface area contributed by atoms with Gasteiger partial charge in [0.15, 0.2) is 0 Å². The summed E-state index contributed by atoms with van der Waals surface area (Å²) in [6, 6.07) is -1.79. The molecule has 0 radical (unpaired) electrons. The second-order valence-electron chi connectivity index (χ2n) is 3.24. The number of nitrogens with one attached hydrogen (secondary N) is 1. The number of carboxylic acid groups (broad SMARTS) is 2. The molecular weight excluding hydrogens is 202 g/mol. The van der Waals surface area contributed by atoms with Gasteiger partial charge in [-0.25, -0.2) is 0 Å². The lowest BCUT2D eigenvalue weighted by Gasteiger charge is -2.09. The zero-order chi connectivity index (χ0) is 11.8. The van der Waals surface area contributed by atoms with E-state index >= 15 is 0 Å². The second kappa shape index (κ2) is 7.16. The lowest BCUT2D eigenvalue weighted by Crippen LogP contribution is -2.40. The first-order chi connectivity index (χ1) is 6.95. The van der Waals surface area contributed by atoms with Crippen LogP contribution in [0.15, 0.2) is 0 Å². The lowest BCUT2D eigenvalue weighted by atomic mass is 10.2. The predicted molar refractivity (Wildman–Crippen MR) is 53.3 cm³/mol. The highest BCUT2D eigenvalue weighted by molar-refractivity contribution is 5.73. The summed E-state index contributed by atoms with van der Waals surface area (Å²) in [5.41, 5.74) is 10.5. The summed E-state index contributed by atoms with van der Waals surface area (Å²) >= 11 is 0. The molecule has 15 heavy (non-hydrogen) atoms. The van der Waals surface area contributed by atoms with Crippen LogP contribution in [-0.2, 0) is 9.59 Å². The van der Waals surface area contributed by atoms with E-state index in [-0.39, 0.29) is 6.54 Å². The van der Waals surface area contributed by atoms with Crippen LogP contribution in [0.25, 0.3) is 0 Å². The van der Waals surface area contributed by atoms with Gasteiger partial charge in [0, 0.05) is 6.54 Å². The largest absolute Gasteiger partial charge is 0.480 e. The first-order valence-electron chi connectivity index (χ1n) is 4.62. The van der Waals surface area contributed by atoms with Crippen LogP contribution in [-0.4, -0.2) is 47.3 Å². The molecule has 0 spiro atoms. The Bertz CT molecular complexity index is 200. The molecule has 0 aromatic carbocycles. The molecule has 0 rings (SSSR count). The summed E-state index contributed by atoms with van der Waals surface area (Å²) in [6.45, 7) is 0.666. The number of hydrogen-bond donors (Lipinski definition) is 5. The molecule has 0 heterocycles. The van der Waals surface area contributed by atoms with Crippen molar-refractivity contribution in [1.29, 1.82) is 0 Å². The summed E-state index contributed by atoms with van der Waals surface area (Å²) in [5.74, 6) is -2.10. The summed E-state index contributed by atoms with van der Waals surface area (Å²) in [6.07, 6.45) is 0.921. The van der Waals surface area contributed by atoms with Gasteiger partial charge in [-0.1, -0.05) is 0 Å². The number of aliphatic carboxylic acids is 2. The third kappa shape index (κ3) is 6.83. The molecule has 0 unspecified atom stereocenters. The quantitative estimate of drug-likeness (QED) is 0.303. The van der Waals surface area contributed by atoms with Gasteiger partial charge in [0.1, 0.15) is 12.1 Å². The lowest BCUT2D eigenvalue weighted by molar-refractivity contribution is -0.139. The molecule has 0 saturated carbocycles. The van der Waals surface area contributed by atoms with E-state index in [4.69, 9.17) is 21.7 Å². The van der Waals surface area contributed by atoms with Gasteiger partial charge in [-0.2, -0.15) is 0 Å². The highest BCUT2D eigenvalue weighted by atomic mass is 16.4. The van der Waals surface area contributed by atoms with Crippen molar-refractivity contribution < 1.29 is 19.8 Å². The molecule has 0 aliphatic rings. The van der Waals surface area contributed by atoms with E-state index in [2.05, 4.69) is 5.32 Å². The van der Waals surface area contributed by atoms with E-state index < -0.39 is 24.0 Å². The van der Waals surface area contributed by atoms with Crippen LogP contribution in [0, 0.1) is 0 Å².